The van der Waals surface area contributed by atoms with E-state index in [2.05, 4.69) is 41.8 Å². The predicted molar refractivity (Wildman–Crippen MR) is 78.9 cm³/mol. The Morgan fingerprint density at radius 2 is 2.21 bits per heavy atom. The van der Waals surface area contributed by atoms with Crippen LogP contribution in [0.5, 0.6) is 0 Å². The van der Waals surface area contributed by atoms with Gasteiger partial charge < -0.3 is 15.6 Å². The normalized spacial score (nSPS) is 15.0. The number of fused-ring (bicyclic) bond motifs is 5. The second kappa shape index (κ2) is 3.91. The quantitative estimate of drug-likeness (QED) is 0.665. The molecule has 0 saturated heterocycles. The molecule has 0 saturated carbocycles. The monoisotopic (exact) mass is 317 g/mol. The van der Waals surface area contributed by atoms with Gasteiger partial charge in [0.25, 0.3) is 0 Å². The number of nitrogen functional groups attached to an aromatic ring is 1. The van der Waals surface area contributed by atoms with Crippen LogP contribution < -0.4 is 11.1 Å². The van der Waals surface area contributed by atoms with Crippen LogP contribution >= 0.6 is 15.9 Å². The molecule has 2 aromatic heterocycles. The molecule has 0 radical (unpaired) electrons. The third kappa shape index (κ3) is 1.56. The van der Waals surface area contributed by atoms with Crippen molar-refractivity contribution in [2.75, 3.05) is 12.3 Å². The topological polar surface area (TPSA) is 68.8 Å². The first-order chi connectivity index (χ1) is 9.24. The Kier molecular flexibility index (Phi) is 2.31. The first-order valence-corrected chi connectivity index (χ1v) is 6.98. The third-order valence-electron chi connectivity index (χ3n) is 3.54. The standard InChI is InChI=1S/C13H12BrN5/c14-7-1-2-8-9(5-7)17-13(15)11-12(8)19-4-3-16-6-10(19)18-11/h1-2,5,16H,3-4,6H2,(H2,15,17). The number of pyridine rings is 1. The molecule has 0 unspecified atom stereocenters. The minimum absolute atomic E-state index is 0.502. The van der Waals surface area contributed by atoms with E-state index in [4.69, 9.17) is 5.73 Å². The van der Waals surface area contributed by atoms with Gasteiger partial charge in [0.2, 0.25) is 0 Å². The molecule has 0 bridgehead atoms. The molecule has 6 heteroatoms. The molecule has 3 N–H and O–H groups in total. The summed E-state index contributed by atoms with van der Waals surface area (Å²) in [6.07, 6.45) is 0. The third-order valence-corrected chi connectivity index (χ3v) is 4.03. The summed E-state index contributed by atoms with van der Waals surface area (Å²) in [4.78, 5) is 9.09. The number of rotatable bonds is 0. The smallest absolute Gasteiger partial charge is 0.152 e. The van der Waals surface area contributed by atoms with Gasteiger partial charge in [-0.05, 0) is 18.2 Å². The summed E-state index contributed by atoms with van der Waals surface area (Å²) in [5.41, 5.74) is 8.88. The van der Waals surface area contributed by atoms with Gasteiger partial charge in [-0.25, -0.2) is 9.97 Å². The average molecular weight is 318 g/mol. The van der Waals surface area contributed by atoms with Crippen molar-refractivity contribution in [1.82, 2.24) is 19.9 Å². The zero-order chi connectivity index (χ0) is 13.0. The number of aromatic nitrogens is 3. The van der Waals surface area contributed by atoms with E-state index in [0.717, 1.165) is 51.9 Å². The fourth-order valence-corrected chi connectivity index (χ4v) is 3.05. The minimum Gasteiger partial charge on any atom is -0.382 e. The van der Waals surface area contributed by atoms with Gasteiger partial charge in [-0.3, -0.25) is 0 Å². The van der Waals surface area contributed by atoms with Crippen molar-refractivity contribution in [2.24, 2.45) is 0 Å². The van der Waals surface area contributed by atoms with Crippen molar-refractivity contribution in [3.8, 4) is 0 Å². The lowest BCUT2D eigenvalue weighted by Crippen LogP contribution is -2.28. The molecule has 3 aromatic rings. The van der Waals surface area contributed by atoms with Crippen LogP contribution in [-0.4, -0.2) is 21.1 Å². The van der Waals surface area contributed by atoms with Crippen molar-refractivity contribution in [3.63, 3.8) is 0 Å². The summed E-state index contributed by atoms with van der Waals surface area (Å²) in [5, 5.41) is 4.43. The number of hydrogen-bond donors (Lipinski definition) is 2. The van der Waals surface area contributed by atoms with E-state index >= 15 is 0 Å². The molecule has 0 amide bonds. The van der Waals surface area contributed by atoms with Gasteiger partial charge >= 0.3 is 0 Å². The van der Waals surface area contributed by atoms with Crippen LogP contribution in [-0.2, 0) is 13.1 Å². The Morgan fingerprint density at radius 1 is 1.32 bits per heavy atom. The van der Waals surface area contributed by atoms with Crippen LogP contribution in [0.15, 0.2) is 22.7 Å². The van der Waals surface area contributed by atoms with Crippen molar-refractivity contribution < 1.29 is 0 Å². The van der Waals surface area contributed by atoms with Crippen molar-refractivity contribution in [1.29, 1.82) is 0 Å². The van der Waals surface area contributed by atoms with E-state index in [1.54, 1.807) is 0 Å². The second-order valence-corrected chi connectivity index (χ2v) is 5.63. The van der Waals surface area contributed by atoms with Gasteiger partial charge in [0.05, 0.1) is 17.6 Å². The largest absolute Gasteiger partial charge is 0.382 e. The van der Waals surface area contributed by atoms with E-state index in [9.17, 15) is 0 Å². The van der Waals surface area contributed by atoms with Gasteiger partial charge in [-0.1, -0.05) is 15.9 Å². The summed E-state index contributed by atoms with van der Waals surface area (Å²) in [6, 6.07) is 6.10. The van der Waals surface area contributed by atoms with Crippen LogP contribution in [0.2, 0.25) is 0 Å². The molecular formula is C13H12BrN5. The van der Waals surface area contributed by atoms with E-state index in [1.165, 1.54) is 0 Å². The Bertz CT molecular complexity index is 808. The van der Waals surface area contributed by atoms with Gasteiger partial charge in [-0.15, -0.1) is 0 Å². The summed E-state index contributed by atoms with van der Waals surface area (Å²) in [7, 11) is 0. The molecule has 0 spiro atoms. The number of nitrogens with two attached hydrogens (primary N) is 1. The number of nitrogens with one attached hydrogen (secondary N) is 1. The molecule has 1 aliphatic heterocycles. The Hall–Kier alpha value is -1.66. The lowest BCUT2D eigenvalue weighted by Gasteiger charge is -2.16. The van der Waals surface area contributed by atoms with Gasteiger partial charge in [0, 0.05) is 22.9 Å². The first-order valence-electron chi connectivity index (χ1n) is 6.18. The Labute approximate surface area is 117 Å². The van der Waals surface area contributed by atoms with Crippen LogP contribution in [0.1, 0.15) is 5.82 Å². The number of anilines is 1. The lowest BCUT2D eigenvalue weighted by atomic mass is 10.2. The second-order valence-electron chi connectivity index (χ2n) is 4.71. The molecule has 4 rings (SSSR count). The zero-order valence-corrected chi connectivity index (χ0v) is 11.7. The maximum atomic E-state index is 6.06. The molecule has 5 nitrogen and oxygen atoms in total. The highest BCUT2D eigenvalue weighted by molar-refractivity contribution is 9.10. The van der Waals surface area contributed by atoms with E-state index in [0.29, 0.717) is 5.82 Å². The van der Waals surface area contributed by atoms with E-state index in [-0.39, 0.29) is 0 Å². The zero-order valence-electron chi connectivity index (χ0n) is 10.2. The summed E-state index contributed by atoms with van der Waals surface area (Å²) in [6.45, 7) is 2.66. The summed E-state index contributed by atoms with van der Waals surface area (Å²) in [5.74, 6) is 1.53. The number of nitrogens with zero attached hydrogens (tertiary/aromatic N) is 3. The highest BCUT2D eigenvalue weighted by Gasteiger charge is 2.19. The predicted octanol–water partition coefficient (Wildman–Crippen LogP) is 2.03. The highest BCUT2D eigenvalue weighted by atomic mass is 79.9. The SMILES string of the molecule is Nc1nc2cc(Br)ccc2c2c1nc1n2CCNC1. The fourth-order valence-electron chi connectivity index (χ4n) is 2.70. The fraction of sp³-hybridized carbons (Fsp3) is 0.231. The first kappa shape index (κ1) is 11.2. The number of hydrogen-bond acceptors (Lipinski definition) is 4. The van der Waals surface area contributed by atoms with Crippen molar-refractivity contribution >= 4 is 43.7 Å². The highest BCUT2D eigenvalue weighted by Crippen LogP contribution is 2.30. The molecule has 1 aliphatic rings. The van der Waals surface area contributed by atoms with Gasteiger partial charge in [0.1, 0.15) is 11.3 Å². The van der Waals surface area contributed by atoms with Crippen LogP contribution in [0.3, 0.4) is 0 Å². The maximum Gasteiger partial charge on any atom is 0.152 e. The number of benzene rings is 1. The minimum atomic E-state index is 0.502. The molecule has 19 heavy (non-hydrogen) atoms. The van der Waals surface area contributed by atoms with Crippen LogP contribution in [0.4, 0.5) is 5.82 Å². The average Bonchev–Trinajstić information content (AvgIpc) is 2.79. The number of halogens is 1. The Balaban J connectivity index is 2.21. The van der Waals surface area contributed by atoms with Crippen LogP contribution in [0, 0.1) is 0 Å². The van der Waals surface area contributed by atoms with E-state index < -0.39 is 0 Å². The van der Waals surface area contributed by atoms with Crippen LogP contribution in [0.25, 0.3) is 21.9 Å². The lowest BCUT2D eigenvalue weighted by molar-refractivity contribution is 0.515. The molecular weight excluding hydrogens is 306 g/mol. The summed E-state index contributed by atoms with van der Waals surface area (Å²) >= 11 is 3.47. The molecule has 3 heterocycles. The van der Waals surface area contributed by atoms with Gasteiger partial charge in [-0.2, -0.15) is 0 Å². The number of imidazole rings is 1. The van der Waals surface area contributed by atoms with Gasteiger partial charge in [0.15, 0.2) is 5.82 Å². The summed E-state index contributed by atoms with van der Waals surface area (Å²) < 4.78 is 3.26. The van der Waals surface area contributed by atoms with Crippen molar-refractivity contribution in [2.45, 2.75) is 13.1 Å². The molecule has 96 valence electrons. The maximum absolute atomic E-state index is 6.06. The van der Waals surface area contributed by atoms with E-state index in [1.807, 2.05) is 12.1 Å². The molecule has 0 atom stereocenters. The molecule has 0 aliphatic carbocycles. The molecule has 0 fully saturated rings. The Morgan fingerprint density at radius 3 is 3.11 bits per heavy atom. The van der Waals surface area contributed by atoms with Crippen molar-refractivity contribution in [3.05, 3.63) is 28.5 Å². The molecule has 1 aromatic carbocycles.